The summed E-state index contributed by atoms with van der Waals surface area (Å²) >= 11 is 11.9. The van der Waals surface area contributed by atoms with Crippen LogP contribution in [0.4, 0.5) is 8.78 Å². The number of alkyl halides is 2. The normalized spacial score (nSPS) is 13.2. The highest BCUT2D eigenvalue weighted by atomic mass is 35.5. The summed E-state index contributed by atoms with van der Waals surface area (Å²) in [7, 11) is 0. The highest BCUT2D eigenvalue weighted by Gasteiger charge is 2.28. The van der Waals surface area contributed by atoms with Crippen molar-refractivity contribution in [3.05, 3.63) is 33.8 Å². The van der Waals surface area contributed by atoms with Gasteiger partial charge in [-0.1, -0.05) is 23.2 Å². The van der Waals surface area contributed by atoms with Gasteiger partial charge in [-0.05, 0) is 19.1 Å². The molecule has 0 saturated heterocycles. The smallest absolute Gasteiger partial charge is 0.301 e. The number of nitrogens with zero attached hydrogens (tertiary/aromatic N) is 2. The standard InChI is InChI=1S/C13H12Cl2F2N2O/c1-3-19-10-5-8(15)7(14)4-9(10)18-12(19)6-11(20)13(2,16)17/h4-6,20H,3H2,1-2H3. The van der Waals surface area contributed by atoms with Gasteiger partial charge in [0, 0.05) is 19.5 Å². The largest absolute Gasteiger partial charge is 0.506 e. The van der Waals surface area contributed by atoms with Crippen molar-refractivity contribution in [2.24, 2.45) is 0 Å². The zero-order valence-corrected chi connectivity index (χ0v) is 12.3. The number of rotatable bonds is 3. The Labute approximate surface area is 124 Å². The highest BCUT2D eigenvalue weighted by Crippen LogP contribution is 2.30. The fourth-order valence-electron chi connectivity index (χ4n) is 1.83. The molecule has 0 aliphatic heterocycles. The van der Waals surface area contributed by atoms with Gasteiger partial charge >= 0.3 is 5.92 Å². The van der Waals surface area contributed by atoms with Crippen molar-refractivity contribution < 1.29 is 13.9 Å². The van der Waals surface area contributed by atoms with E-state index in [1.165, 1.54) is 0 Å². The van der Waals surface area contributed by atoms with E-state index in [0.29, 0.717) is 34.5 Å². The number of aryl methyl sites for hydroxylation is 1. The molecule has 1 aromatic heterocycles. The van der Waals surface area contributed by atoms with Crippen LogP contribution >= 0.6 is 23.2 Å². The van der Waals surface area contributed by atoms with Crippen LogP contribution in [0.2, 0.25) is 10.0 Å². The van der Waals surface area contributed by atoms with Crippen LogP contribution in [0, 0.1) is 0 Å². The zero-order valence-electron chi connectivity index (χ0n) is 10.8. The average molecular weight is 321 g/mol. The second-order valence-corrected chi connectivity index (χ2v) is 5.20. The lowest BCUT2D eigenvalue weighted by molar-refractivity contribution is 0.0207. The third-order valence-corrected chi connectivity index (χ3v) is 3.57. The van der Waals surface area contributed by atoms with E-state index in [1.54, 1.807) is 16.7 Å². The first-order valence-electron chi connectivity index (χ1n) is 5.88. The molecule has 0 bridgehead atoms. The van der Waals surface area contributed by atoms with Crippen LogP contribution in [0.15, 0.2) is 17.9 Å². The molecule has 0 atom stereocenters. The van der Waals surface area contributed by atoms with Gasteiger partial charge in [0.15, 0.2) is 5.76 Å². The van der Waals surface area contributed by atoms with Crippen molar-refractivity contribution in [2.45, 2.75) is 26.3 Å². The van der Waals surface area contributed by atoms with E-state index < -0.39 is 11.7 Å². The molecule has 0 spiro atoms. The van der Waals surface area contributed by atoms with Gasteiger partial charge in [0.1, 0.15) is 5.82 Å². The van der Waals surface area contributed by atoms with Crippen molar-refractivity contribution in [1.82, 2.24) is 9.55 Å². The van der Waals surface area contributed by atoms with E-state index in [2.05, 4.69) is 4.98 Å². The molecule has 0 aliphatic carbocycles. The van der Waals surface area contributed by atoms with Gasteiger partial charge in [0.2, 0.25) is 0 Å². The zero-order chi connectivity index (χ0) is 15.1. The topological polar surface area (TPSA) is 38.0 Å². The Morgan fingerprint density at radius 3 is 2.55 bits per heavy atom. The summed E-state index contributed by atoms with van der Waals surface area (Å²) in [4.78, 5) is 4.19. The fourth-order valence-corrected chi connectivity index (χ4v) is 2.15. The van der Waals surface area contributed by atoms with Crippen molar-refractivity contribution in [3.63, 3.8) is 0 Å². The summed E-state index contributed by atoms with van der Waals surface area (Å²) in [5.41, 5.74) is 1.19. The lowest BCUT2D eigenvalue weighted by Gasteiger charge is -2.09. The first-order chi connectivity index (χ1) is 9.24. The molecule has 20 heavy (non-hydrogen) atoms. The SMILES string of the molecule is CCn1c(C=C(O)C(C)(F)F)nc2cc(Cl)c(Cl)cc21. The summed E-state index contributed by atoms with van der Waals surface area (Å²) in [6, 6.07) is 3.18. The number of hydrogen-bond acceptors (Lipinski definition) is 2. The number of aliphatic hydroxyl groups is 1. The average Bonchev–Trinajstić information content (AvgIpc) is 2.65. The second-order valence-electron chi connectivity index (χ2n) is 4.39. The van der Waals surface area contributed by atoms with E-state index in [0.717, 1.165) is 6.08 Å². The lowest BCUT2D eigenvalue weighted by atomic mass is 10.3. The molecular formula is C13H12Cl2F2N2O. The Morgan fingerprint density at radius 1 is 1.40 bits per heavy atom. The van der Waals surface area contributed by atoms with Gasteiger partial charge in [-0.3, -0.25) is 0 Å². The number of benzene rings is 1. The fraction of sp³-hybridized carbons (Fsp3) is 0.308. The predicted octanol–water partition coefficient (Wildman–Crippen LogP) is 4.92. The predicted molar refractivity (Wildman–Crippen MR) is 76.7 cm³/mol. The molecule has 2 rings (SSSR count). The molecule has 1 N–H and O–H groups in total. The van der Waals surface area contributed by atoms with Crippen LogP contribution in [0.1, 0.15) is 19.7 Å². The molecule has 0 amide bonds. The summed E-state index contributed by atoms with van der Waals surface area (Å²) < 4.78 is 27.7. The number of halogens is 4. The van der Waals surface area contributed by atoms with Crippen molar-refractivity contribution >= 4 is 40.3 Å². The maximum atomic E-state index is 13.0. The van der Waals surface area contributed by atoms with E-state index in [4.69, 9.17) is 23.2 Å². The minimum absolute atomic E-state index is 0.222. The Balaban J connectivity index is 2.66. The molecule has 7 heteroatoms. The first-order valence-corrected chi connectivity index (χ1v) is 6.64. The summed E-state index contributed by atoms with van der Waals surface area (Å²) in [5.74, 6) is -4.13. The van der Waals surface area contributed by atoms with Crippen LogP contribution < -0.4 is 0 Å². The third-order valence-electron chi connectivity index (χ3n) is 2.85. The molecule has 0 aliphatic rings. The summed E-state index contributed by atoms with van der Waals surface area (Å²) in [6.07, 6.45) is 0.950. The van der Waals surface area contributed by atoms with E-state index in [-0.39, 0.29) is 5.82 Å². The van der Waals surface area contributed by atoms with Crippen molar-refractivity contribution in [2.75, 3.05) is 0 Å². The minimum Gasteiger partial charge on any atom is -0.506 e. The lowest BCUT2D eigenvalue weighted by Crippen LogP contribution is -2.13. The Morgan fingerprint density at radius 2 is 2.00 bits per heavy atom. The Kier molecular flexibility index (Phi) is 3.93. The Bertz CT molecular complexity index is 690. The molecule has 0 unspecified atom stereocenters. The van der Waals surface area contributed by atoms with Crippen LogP contribution in [-0.4, -0.2) is 20.6 Å². The summed E-state index contributed by atoms with van der Waals surface area (Å²) in [5, 5.41) is 10.1. The second kappa shape index (κ2) is 5.22. The van der Waals surface area contributed by atoms with Crippen LogP contribution in [0.3, 0.4) is 0 Å². The molecule has 1 heterocycles. The molecule has 3 nitrogen and oxygen atoms in total. The van der Waals surface area contributed by atoms with Gasteiger partial charge in [-0.25, -0.2) is 4.98 Å². The number of fused-ring (bicyclic) bond motifs is 1. The first kappa shape index (κ1) is 15.1. The van der Waals surface area contributed by atoms with E-state index in [1.807, 2.05) is 6.92 Å². The number of hydrogen-bond donors (Lipinski definition) is 1. The van der Waals surface area contributed by atoms with E-state index in [9.17, 15) is 13.9 Å². The van der Waals surface area contributed by atoms with Gasteiger partial charge in [0.25, 0.3) is 0 Å². The molecule has 0 fully saturated rings. The monoisotopic (exact) mass is 320 g/mol. The quantitative estimate of drug-likeness (QED) is 0.815. The maximum absolute atomic E-state index is 13.0. The summed E-state index contributed by atoms with van der Waals surface area (Å²) in [6.45, 7) is 2.94. The number of aromatic nitrogens is 2. The van der Waals surface area contributed by atoms with Crippen LogP contribution in [0.5, 0.6) is 0 Å². The molecule has 1 aromatic carbocycles. The maximum Gasteiger partial charge on any atom is 0.301 e. The molecular weight excluding hydrogens is 309 g/mol. The van der Waals surface area contributed by atoms with Gasteiger partial charge in [0.05, 0.1) is 21.1 Å². The number of allylic oxidation sites excluding steroid dienone is 1. The van der Waals surface area contributed by atoms with Crippen LogP contribution in [-0.2, 0) is 6.54 Å². The van der Waals surface area contributed by atoms with E-state index >= 15 is 0 Å². The Hall–Kier alpha value is -1.33. The third kappa shape index (κ3) is 2.74. The molecule has 0 saturated carbocycles. The van der Waals surface area contributed by atoms with Crippen molar-refractivity contribution in [3.8, 4) is 0 Å². The highest BCUT2D eigenvalue weighted by molar-refractivity contribution is 6.42. The number of imidazole rings is 1. The molecule has 0 radical (unpaired) electrons. The van der Waals surface area contributed by atoms with Gasteiger partial charge in [-0.2, -0.15) is 8.78 Å². The molecule has 108 valence electrons. The minimum atomic E-state index is -3.31. The van der Waals surface area contributed by atoms with Crippen molar-refractivity contribution in [1.29, 1.82) is 0 Å². The number of aliphatic hydroxyl groups excluding tert-OH is 1. The molecule has 2 aromatic rings. The van der Waals surface area contributed by atoms with Crippen LogP contribution in [0.25, 0.3) is 17.1 Å². The van der Waals surface area contributed by atoms with Gasteiger partial charge < -0.3 is 9.67 Å². The van der Waals surface area contributed by atoms with Gasteiger partial charge in [-0.15, -0.1) is 0 Å².